The molecule has 0 aliphatic carbocycles. The number of thiazole rings is 1. The number of anilines is 1. The highest BCUT2D eigenvalue weighted by molar-refractivity contribution is 7.09. The van der Waals surface area contributed by atoms with Crippen molar-refractivity contribution in [1.29, 1.82) is 0 Å². The lowest BCUT2D eigenvalue weighted by Crippen LogP contribution is -2.48. The van der Waals surface area contributed by atoms with Crippen LogP contribution in [-0.2, 0) is 11.2 Å². The molecule has 0 radical (unpaired) electrons. The monoisotopic (exact) mass is 406 g/mol. The number of fused-ring (bicyclic) bond motifs is 1. The fourth-order valence-electron chi connectivity index (χ4n) is 3.49. The number of carbonyl (C=O) groups excluding carboxylic acids is 2. The molecule has 1 aliphatic heterocycles. The van der Waals surface area contributed by atoms with Crippen molar-refractivity contribution in [3.8, 4) is 17.0 Å². The number of ether oxygens (including phenoxy) is 1. The summed E-state index contributed by atoms with van der Waals surface area (Å²) in [5, 5.41) is 3.12. The third-order valence-electron chi connectivity index (χ3n) is 4.97. The lowest BCUT2D eigenvalue weighted by Gasteiger charge is -2.33. The van der Waals surface area contributed by atoms with Crippen molar-refractivity contribution in [2.45, 2.75) is 32.7 Å². The fourth-order valence-corrected chi connectivity index (χ4v) is 4.40. The van der Waals surface area contributed by atoms with Gasteiger partial charge < -0.3 is 4.74 Å². The summed E-state index contributed by atoms with van der Waals surface area (Å²) in [5.41, 5.74) is 2.98. The lowest BCUT2D eigenvalue weighted by molar-refractivity contribution is -0.121. The zero-order valence-corrected chi connectivity index (χ0v) is 17.2. The number of aromatic nitrogens is 1. The van der Waals surface area contributed by atoms with Crippen molar-refractivity contribution >= 4 is 28.7 Å². The van der Waals surface area contributed by atoms with Crippen LogP contribution in [0.4, 0.5) is 5.69 Å². The molecule has 1 unspecified atom stereocenters. The van der Waals surface area contributed by atoms with E-state index in [-0.39, 0.29) is 18.3 Å². The van der Waals surface area contributed by atoms with Crippen LogP contribution in [0.15, 0.2) is 53.9 Å². The molecule has 5 nitrogen and oxygen atoms in total. The van der Waals surface area contributed by atoms with Crippen molar-refractivity contribution in [2.75, 3.05) is 11.5 Å². The highest BCUT2D eigenvalue weighted by atomic mass is 32.1. The van der Waals surface area contributed by atoms with E-state index in [9.17, 15) is 9.59 Å². The summed E-state index contributed by atoms with van der Waals surface area (Å²) >= 11 is 1.64. The van der Waals surface area contributed by atoms with E-state index in [0.717, 1.165) is 29.1 Å². The van der Waals surface area contributed by atoms with Gasteiger partial charge in [0.05, 0.1) is 22.4 Å². The molecule has 3 aromatic rings. The predicted molar refractivity (Wildman–Crippen MR) is 115 cm³/mol. The van der Waals surface area contributed by atoms with E-state index in [2.05, 4.69) is 6.92 Å². The third kappa shape index (κ3) is 3.80. The van der Waals surface area contributed by atoms with Gasteiger partial charge in [-0.05, 0) is 38.0 Å². The summed E-state index contributed by atoms with van der Waals surface area (Å²) in [6.45, 7) is 3.82. The number of nitrogens with zero attached hydrogens (tertiary/aromatic N) is 2. The van der Waals surface area contributed by atoms with E-state index in [4.69, 9.17) is 9.72 Å². The molecule has 148 valence electrons. The summed E-state index contributed by atoms with van der Waals surface area (Å²) in [6.07, 6.45) is 2.00. The second-order valence-corrected chi connectivity index (χ2v) is 7.96. The highest BCUT2D eigenvalue weighted by Crippen LogP contribution is 2.37. The Balaban J connectivity index is 1.70. The molecule has 0 saturated carbocycles. The highest BCUT2D eigenvalue weighted by Gasteiger charge is 2.33. The molecule has 6 heteroatoms. The van der Waals surface area contributed by atoms with E-state index in [1.165, 1.54) is 0 Å². The maximum absolute atomic E-state index is 13.0. The van der Waals surface area contributed by atoms with Gasteiger partial charge in [-0.2, -0.15) is 0 Å². The Hall–Kier alpha value is -2.99. The van der Waals surface area contributed by atoms with E-state index in [1.807, 2.05) is 41.8 Å². The van der Waals surface area contributed by atoms with Crippen LogP contribution in [0.2, 0.25) is 0 Å². The minimum atomic E-state index is -0.631. The van der Waals surface area contributed by atoms with Crippen molar-refractivity contribution in [3.05, 3.63) is 64.5 Å². The molecule has 0 fully saturated rings. The fraction of sp³-hybridized carbons (Fsp3) is 0.261. The molecule has 1 atom stereocenters. The van der Waals surface area contributed by atoms with Crippen LogP contribution in [0.1, 0.15) is 35.6 Å². The number of rotatable bonds is 6. The predicted octanol–water partition coefficient (Wildman–Crippen LogP) is 4.76. The Morgan fingerprint density at radius 2 is 2.03 bits per heavy atom. The third-order valence-corrected chi connectivity index (χ3v) is 5.88. The van der Waals surface area contributed by atoms with Gasteiger partial charge >= 0.3 is 0 Å². The van der Waals surface area contributed by atoms with Gasteiger partial charge in [-0.3, -0.25) is 14.5 Å². The minimum absolute atomic E-state index is 0.0733. The second kappa shape index (κ2) is 8.17. The van der Waals surface area contributed by atoms with Crippen LogP contribution in [0.3, 0.4) is 0 Å². The number of hydrogen-bond donors (Lipinski definition) is 0. The number of ketones is 1. The van der Waals surface area contributed by atoms with Gasteiger partial charge in [0.2, 0.25) is 0 Å². The van der Waals surface area contributed by atoms with Crippen LogP contribution in [-0.4, -0.2) is 29.3 Å². The number of amides is 1. The minimum Gasteiger partial charge on any atom is -0.482 e. The lowest BCUT2D eigenvalue weighted by atomic mass is 10.0. The Labute approximate surface area is 174 Å². The van der Waals surface area contributed by atoms with Crippen molar-refractivity contribution in [3.63, 3.8) is 0 Å². The van der Waals surface area contributed by atoms with Gasteiger partial charge in [-0.1, -0.05) is 37.3 Å². The summed E-state index contributed by atoms with van der Waals surface area (Å²) in [4.78, 5) is 31.9. The standard InChI is InChI=1S/C23H22N2O3S/c1-3-7-21-24-18(14-29-21)17-10-11-20-19(12-17)25(22(26)13-28-20)15(2)23(27)16-8-5-4-6-9-16/h4-6,8-12,14-15H,3,7,13H2,1-2H3. The van der Waals surface area contributed by atoms with Crippen LogP contribution in [0, 0.1) is 0 Å². The zero-order valence-electron chi connectivity index (χ0n) is 16.4. The molecule has 0 saturated heterocycles. The molecular weight excluding hydrogens is 384 g/mol. The molecule has 0 spiro atoms. The van der Waals surface area contributed by atoms with Gasteiger partial charge in [0.25, 0.3) is 5.91 Å². The Kier molecular flexibility index (Phi) is 5.45. The molecule has 2 heterocycles. The largest absolute Gasteiger partial charge is 0.482 e. The summed E-state index contributed by atoms with van der Waals surface area (Å²) in [6, 6.07) is 14.1. The summed E-state index contributed by atoms with van der Waals surface area (Å²) in [7, 11) is 0. The Bertz CT molecular complexity index is 1050. The zero-order chi connectivity index (χ0) is 20.4. The first kappa shape index (κ1) is 19.3. The quantitative estimate of drug-likeness (QED) is 0.554. The van der Waals surface area contributed by atoms with Crippen LogP contribution >= 0.6 is 11.3 Å². The summed E-state index contributed by atoms with van der Waals surface area (Å²) in [5.74, 6) is 0.276. The van der Waals surface area contributed by atoms with Crippen molar-refractivity contribution in [1.82, 2.24) is 4.98 Å². The molecule has 4 rings (SSSR count). The first-order valence-corrected chi connectivity index (χ1v) is 10.6. The molecule has 2 aromatic carbocycles. The van der Waals surface area contributed by atoms with Gasteiger partial charge in [0, 0.05) is 16.5 Å². The number of carbonyl (C=O) groups is 2. The number of aryl methyl sites for hydroxylation is 1. The van der Waals surface area contributed by atoms with Crippen LogP contribution in [0.25, 0.3) is 11.3 Å². The SMILES string of the molecule is CCCc1nc(-c2ccc3c(c2)N(C(C)C(=O)c2ccccc2)C(=O)CO3)cs1. The van der Waals surface area contributed by atoms with Gasteiger partial charge in [-0.15, -0.1) is 11.3 Å². The van der Waals surface area contributed by atoms with E-state index < -0.39 is 6.04 Å². The molecule has 0 bridgehead atoms. The smallest absolute Gasteiger partial charge is 0.265 e. The molecule has 29 heavy (non-hydrogen) atoms. The average Bonchev–Trinajstić information content (AvgIpc) is 3.22. The molecule has 1 aromatic heterocycles. The molecular formula is C23H22N2O3S. The maximum atomic E-state index is 13.0. The number of hydrogen-bond acceptors (Lipinski definition) is 5. The van der Waals surface area contributed by atoms with E-state index in [0.29, 0.717) is 17.0 Å². The topological polar surface area (TPSA) is 59.5 Å². The van der Waals surface area contributed by atoms with Crippen LogP contribution < -0.4 is 9.64 Å². The normalized spacial score (nSPS) is 14.3. The second-order valence-electron chi connectivity index (χ2n) is 7.02. The van der Waals surface area contributed by atoms with Crippen molar-refractivity contribution < 1.29 is 14.3 Å². The number of benzene rings is 2. The first-order valence-electron chi connectivity index (χ1n) is 9.71. The average molecular weight is 407 g/mol. The molecule has 1 aliphatic rings. The Morgan fingerprint density at radius 3 is 2.79 bits per heavy atom. The van der Waals surface area contributed by atoms with Crippen molar-refractivity contribution in [2.24, 2.45) is 0 Å². The van der Waals surface area contributed by atoms with Gasteiger partial charge in [0.15, 0.2) is 12.4 Å². The number of Topliss-reactive ketones (excluding diaryl/α,β-unsaturated/α-hetero) is 1. The van der Waals surface area contributed by atoms with E-state index >= 15 is 0 Å². The van der Waals surface area contributed by atoms with E-state index in [1.54, 1.807) is 35.3 Å². The van der Waals surface area contributed by atoms with Gasteiger partial charge in [-0.25, -0.2) is 4.98 Å². The molecule has 0 N–H and O–H groups in total. The first-order chi connectivity index (χ1) is 14.1. The summed E-state index contributed by atoms with van der Waals surface area (Å²) < 4.78 is 5.62. The van der Waals surface area contributed by atoms with Crippen LogP contribution in [0.5, 0.6) is 5.75 Å². The Morgan fingerprint density at radius 1 is 1.24 bits per heavy atom. The molecule has 1 amide bonds. The maximum Gasteiger partial charge on any atom is 0.265 e. The van der Waals surface area contributed by atoms with Gasteiger partial charge in [0.1, 0.15) is 5.75 Å².